The van der Waals surface area contributed by atoms with E-state index in [1.54, 1.807) is 5.38 Å². The number of halogens is 3. The number of hydrogen-bond donors (Lipinski definition) is 0. The van der Waals surface area contributed by atoms with Crippen LogP contribution in [0.4, 0.5) is 8.78 Å². The molecule has 0 bridgehead atoms. The quantitative estimate of drug-likeness (QED) is 0.843. The van der Waals surface area contributed by atoms with Crippen molar-refractivity contribution in [1.29, 1.82) is 0 Å². The van der Waals surface area contributed by atoms with Gasteiger partial charge in [-0.2, -0.15) is 5.10 Å². The van der Waals surface area contributed by atoms with Crippen LogP contribution in [0.1, 0.15) is 12.8 Å². The smallest absolute Gasteiger partial charge is 0.277 e. The molecule has 0 N–H and O–H groups in total. The molecule has 0 unspecified atom stereocenters. The number of nitrogens with zero attached hydrogens (tertiary/aromatic N) is 2. The molecule has 2 heterocycles. The lowest BCUT2D eigenvalue weighted by Gasteiger charge is -2.33. The lowest BCUT2D eigenvalue weighted by Crippen LogP contribution is -2.42. The molecule has 3 rings (SSSR count). The van der Waals surface area contributed by atoms with E-state index in [0.29, 0.717) is 9.86 Å². The largest absolute Gasteiger partial charge is 0.297 e. The van der Waals surface area contributed by atoms with E-state index in [9.17, 15) is 18.4 Å². The number of Topliss-reactive ketones (excluding diaryl/α,β-unsaturated/α-hetero) is 1. The molecule has 4 nitrogen and oxygen atoms in total. The lowest BCUT2D eigenvalue weighted by molar-refractivity contribution is -0.148. The molecule has 1 aliphatic carbocycles. The maximum absolute atomic E-state index is 12.7. The van der Waals surface area contributed by atoms with Crippen LogP contribution in [0.25, 0.3) is 10.1 Å². The molecule has 0 amide bonds. The summed E-state index contributed by atoms with van der Waals surface area (Å²) in [5, 5.41) is 6.16. The van der Waals surface area contributed by atoms with E-state index in [1.165, 1.54) is 17.5 Å². The number of ketones is 1. The fourth-order valence-electron chi connectivity index (χ4n) is 2.24. The van der Waals surface area contributed by atoms with E-state index in [2.05, 4.69) is 21.0 Å². The van der Waals surface area contributed by atoms with Crippen LogP contribution >= 0.6 is 27.3 Å². The van der Waals surface area contributed by atoms with Crippen molar-refractivity contribution in [1.82, 2.24) is 9.78 Å². The van der Waals surface area contributed by atoms with Crippen molar-refractivity contribution in [3.8, 4) is 0 Å². The van der Waals surface area contributed by atoms with E-state index in [-0.39, 0.29) is 17.9 Å². The molecule has 0 aromatic carbocycles. The van der Waals surface area contributed by atoms with Crippen molar-refractivity contribution in [2.75, 3.05) is 0 Å². The summed E-state index contributed by atoms with van der Waals surface area (Å²) in [7, 11) is 0. The van der Waals surface area contributed by atoms with Crippen molar-refractivity contribution >= 4 is 43.1 Å². The zero-order valence-electron chi connectivity index (χ0n) is 10.1. The van der Waals surface area contributed by atoms with Crippen LogP contribution in [0.15, 0.2) is 20.8 Å². The van der Waals surface area contributed by atoms with Crippen molar-refractivity contribution < 1.29 is 13.6 Å². The molecule has 1 saturated carbocycles. The van der Waals surface area contributed by atoms with Gasteiger partial charge in [0.05, 0.1) is 16.3 Å². The van der Waals surface area contributed by atoms with Gasteiger partial charge in [-0.3, -0.25) is 9.59 Å². The van der Waals surface area contributed by atoms with Crippen LogP contribution in [0.2, 0.25) is 0 Å². The van der Waals surface area contributed by atoms with Gasteiger partial charge in [-0.15, -0.1) is 11.3 Å². The van der Waals surface area contributed by atoms with Crippen LogP contribution in [0, 0.1) is 5.92 Å². The number of alkyl halides is 2. The van der Waals surface area contributed by atoms with E-state index < -0.39 is 24.7 Å². The number of hydrogen-bond acceptors (Lipinski definition) is 4. The Morgan fingerprint density at radius 2 is 2.25 bits per heavy atom. The summed E-state index contributed by atoms with van der Waals surface area (Å²) >= 11 is 4.64. The molecule has 8 heteroatoms. The Bertz CT molecular complexity index is 747. The molecule has 0 atom stereocenters. The van der Waals surface area contributed by atoms with Crippen molar-refractivity contribution in [2.24, 2.45) is 5.92 Å². The predicted octanol–water partition coefficient (Wildman–Crippen LogP) is 2.83. The standard InChI is InChI=1S/C12H9BrF2N2O2S/c13-7-5-20-9-3-16-17(11(19)10(7)9)4-8(18)6-1-12(14,15)2-6/h3,5-6H,1-2,4H2. The topological polar surface area (TPSA) is 52.0 Å². The van der Waals surface area contributed by atoms with Gasteiger partial charge in [0, 0.05) is 28.6 Å². The highest BCUT2D eigenvalue weighted by atomic mass is 79.9. The van der Waals surface area contributed by atoms with Crippen LogP contribution in [-0.4, -0.2) is 21.5 Å². The molecule has 2 aromatic heterocycles. The van der Waals surface area contributed by atoms with Gasteiger partial charge in [-0.1, -0.05) is 0 Å². The van der Waals surface area contributed by atoms with Crippen molar-refractivity contribution in [3.05, 3.63) is 26.4 Å². The Hall–Kier alpha value is -1.15. The van der Waals surface area contributed by atoms with Crippen molar-refractivity contribution in [3.63, 3.8) is 0 Å². The molecular weight excluding hydrogens is 354 g/mol. The molecule has 1 aliphatic rings. The number of thiophene rings is 1. The summed E-state index contributed by atoms with van der Waals surface area (Å²) < 4.78 is 27.9. The molecule has 0 saturated heterocycles. The first-order valence-corrected chi connectivity index (χ1v) is 7.58. The number of carbonyl (C=O) groups excluding carboxylic acids is 1. The monoisotopic (exact) mass is 362 g/mol. The van der Waals surface area contributed by atoms with Gasteiger partial charge in [0.2, 0.25) is 5.92 Å². The molecule has 2 aromatic rings. The third-order valence-electron chi connectivity index (χ3n) is 3.39. The fraction of sp³-hybridized carbons (Fsp3) is 0.417. The third kappa shape index (κ3) is 2.31. The normalized spacial score (nSPS) is 18.1. The summed E-state index contributed by atoms with van der Waals surface area (Å²) in [6.45, 7) is -0.252. The van der Waals surface area contributed by atoms with Gasteiger partial charge >= 0.3 is 0 Å². The molecule has 1 fully saturated rings. The van der Waals surface area contributed by atoms with Gasteiger partial charge in [-0.05, 0) is 15.9 Å². The molecular formula is C12H9BrF2N2O2S. The number of carbonyl (C=O) groups is 1. The maximum Gasteiger partial charge on any atom is 0.277 e. The van der Waals surface area contributed by atoms with Gasteiger partial charge in [0.25, 0.3) is 5.56 Å². The molecule has 0 spiro atoms. The average molecular weight is 363 g/mol. The highest BCUT2D eigenvalue weighted by Gasteiger charge is 2.48. The second kappa shape index (κ2) is 4.70. The van der Waals surface area contributed by atoms with Gasteiger partial charge in [-0.25, -0.2) is 13.5 Å². The highest BCUT2D eigenvalue weighted by molar-refractivity contribution is 9.10. The minimum absolute atomic E-state index is 0.252. The first-order valence-electron chi connectivity index (χ1n) is 5.91. The first kappa shape index (κ1) is 13.8. The summed E-state index contributed by atoms with van der Waals surface area (Å²) in [6.07, 6.45) is 0.658. The Morgan fingerprint density at radius 1 is 1.55 bits per heavy atom. The van der Waals surface area contributed by atoms with E-state index in [1.807, 2.05) is 0 Å². The summed E-state index contributed by atoms with van der Waals surface area (Å²) in [5.41, 5.74) is -0.380. The number of fused-ring (bicyclic) bond motifs is 1. The van der Waals surface area contributed by atoms with Crippen LogP contribution in [0.5, 0.6) is 0 Å². The van der Waals surface area contributed by atoms with Crippen LogP contribution < -0.4 is 5.56 Å². The summed E-state index contributed by atoms with van der Waals surface area (Å²) in [5.74, 6) is -3.77. The van der Waals surface area contributed by atoms with Gasteiger partial charge in [0.1, 0.15) is 6.54 Å². The minimum atomic E-state index is -2.74. The van der Waals surface area contributed by atoms with Gasteiger partial charge < -0.3 is 0 Å². The predicted molar refractivity (Wildman–Crippen MR) is 74.3 cm³/mol. The Labute approximate surface area is 124 Å². The average Bonchev–Trinajstić information content (AvgIpc) is 2.72. The Kier molecular flexibility index (Phi) is 3.24. The maximum atomic E-state index is 12.7. The van der Waals surface area contributed by atoms with Gasteiger partial charge in [0.15, 0.2) is 5.78 Å². The van der Waals surface area contributed by atoms with Crippen molar-refractivity contribution in [2.45, 2.75) is 25.3 Å². The highest BCUT2D eigenvalue weighted by Crippen LogP contribution is 2.42. The fourth-order valence-corrected chi connectivity index (χ4v) is 3.80. The molecule has 0 radical (unpaired) electrons. The summed E-state index contributed by atoms with van der Waals surface area (Å²) in [6, 6.07) is 0. The Balaban J connectivity index is 1.85. The molecule has 20 heavy (non-hydrogen) atoms. The zero-order chi connectivity index (χ0) is 14.5. The molecule has 0 aliphatic heterocycles. The second-order valence-electron chi connectivity index (χ2n) is 4.86. The summed E-state index contributed by atoms with van der Waals surface area (Å²) in [4.78, 5) is 24.0. The zero-order valence-corrected chi connectivity index (χ0v) is 12.5. The molecule has 106 valence electrons. The van der Waals surface area contributed by atoms with Crippen LogP contribution in [-0.2, 0) is 11.3 Å². The Morgan fingerprint density at radius 3 is 2.90 bits per heavy atom. The SMILES string of the molecule is O=C(Cn1ncc2scc(Br)c2c1=O)C1CC(F)(F)C1. The lowest BCUT2D eigenvalue weighted by atomic mass is 9.78. The number of rotatable bonds is 3. The minimum Gasteiger partial charge on any atom is -0.297 e. The van der Waals surface area contributed by atoms with E-state index in [4.69, 9.17) is 0 Å². The number of aromatic nitrogens is 2. The first-order chi connectivity index (χ1) is 9.37. The van der Waals surface area contributed by atoms with Crippen LogP contribution in [0.3, 0.4) is 0 Å². The third-order valence-corrected chi connectivity index (χ3v) is 5.23. The van der Waals surface area contributed by atoms with E-state index in [0.717, 1.165) is 9.38 Å². The van der Waals surface area contributed by atoms with E-state index >= 15 is 0 Å². The second-order valence-corrected chi connectivity index (χ2v) is 6.62.